The lowest BCUT2D eigenvalue weighted by molar-refractivity contribution is -0.325. The summed E-state index contributed by atoms with van der Waals surface area (Å²) in [4.78, 5) is 36.1. The summed E-state index contributed by atoms with van der Waals surface area (Å²) in [6.45, 7) is 3.46. The molecule has 0 amide bonds. The number of aryl methyl sites for hydroxylation is 1. The number of aliphatic carboxylic acids is 2. The van der Waals surface area contributed by atoms with Crippen molar-refractivity contribution in [3.8, 4) is 0 Å². The predicted molar refractivity (Wildman–Crippen MR) is 92.5 cm³/mol. The lowest BCUT2D eigenvalue weighted by Crippen LogP contribution is -2.53. The van der Waals surface area contributed by atoms with Gasteiger partial charge in [0, 0.05) is 18.3 Å². The number of carbonyl (C=O) groups is 3. The average Bonchev–Trinajstić information content (AvgIpc) is 2.65. The normalized spacial score (nSPS) is 17.2. The van der Waals surface area contributed by atoms with E-state index in [4.69, 9.17) is 0 Å². The van der Waals surface area contributed by atoms with E-state index >= 15 is 0 Å². The van der Waals surface area contributed by atoms with E-state index < -0.39 is 35.3 Å². The third-order valence-corrected chi connectivity index (χ3v) is 5.46. The summed E-state index contributed by atoms with van der Waals surface area (Å²) in [6, 6.07) is 9.39. The van der Waals surface area contributed by atoms with Crippen LogP contribution in [-0.4, -0.2) is 17.7 Å². The molecule has 0 radical (unpaired) electrons. The van der Waals surface area contributed by atoms with Gasteiger partial charge in [-0.3, -0.25) is 4.79 Å². The van der Waals surface area contributed by atoms with Crippen molar-refractivity contribution < 1.29 is 24.6 Å². The molecule has 0 aromatic heterocycles. The SMILES string of the molecule is C=C(C(=O)[O-])C(CC(=O)CCc1ccccc1)(C(=O)[O-])C1CCCCC1. The molecule has 1 atom stereocenters. The van der Waals surface area contributed by atoms with Crippen LogP contribution in [0.3, 0.4) is 0 Å². The summed E-state index contributed by atoms with van der Waals surface area (Å²) in [7, 11) is 0. The average molecular weight is 356 g/mol. The van der Waals surface area contributed by atoms with E-state index in [9.17, 15) is 24.6 Å². The topological polar surface area (TPSA) is 97.3 Å². The predicted octanol–water partition coefficient (Wildman–Crippen LogP) is 1.20. The summed E-state index contributed by atoms with van der Waals surface area (Å²) in [6.07, 6.45) is 3.89. The number of carboxylic acids is 2. The van der Waals surface area contributed by atoms with Gasteiger partial charge in [-0.25, -0.2) is 0 Å². The molecule has 5 nitrogen and oxygen atoms in total. The standard InChI is InChI=1S/C21H26O5/c1-15(19(23)24)21(20(25)26,17-10-6-3-7-11-17)14-18(22)13-12-16-8-4-2-5-9-16/h2,4-5,8-9,17H,1,3,6-7,10-14H2,(H,23,24)(H,25,26)/p-2. The minimum Gasteiger partial charge on any atom is -0.549 e. The van der Waals surface area contributed by atoms with Gasteiger partial charge in [0.25, 0.3) is 0 Å². The quantitative estimate of drug-likeness (QED) is 0.619. The second-order valence-electron chi connectivity index (χ2n) is 7.06. The van der Waals surface area contributed by atoms with Gasteiger partial charge in [-0.05, 0) is 36.3 Å². The van der Waals surface area contributed by atoms with Gasteiger partial charge in [-0.2, -0.15) is 0 Å². The minimum atomic E-state index is -1.88. The van der Waals surface area contributed by atoms with Crippen LogP contribution in [0, 0.1) is 11.3 Å². The van der Waals surface area contributed by atoms with E-state index in [1.807, 2.05) is 30.3 Å². The Kier molecular flexibility index (Phi) is 6.72. The first-order chi connectivity index (χ1) is 12.4. The molecule has 0 spiro atoms. The Labute approximate surface area is 153 Å². The van der Waals surface area contributed by atoms with Crippen LogP contribution >= 0.6 is 0 Å². The number of hydrogen-bond donors (Lipinski definition) is 0. The van der Waals surface area contributed by atoms with Gasteiger partial charge in [0.05, 0.1) is 11.9 Å². The number of carbonyl (C=O) groups excluding carboxylic acids is 3. The van der Waals surface area contributed by atoms with Gasteiger partial charge in [-0.15, -0.1) is 0 Å². The van der Waals surface area contributed by atoms with Crippen LogP contribution in [0.15, 0.2) is 42.5 Å². The molecule has 1 aliphatic carbocycles. The first-order valence-corrected chi connectivity index (χ1v) is 9.05. The molecular weight excluding hydrogens is 332 g/mol. The molecule has 0 heterocycles. The van der Waals surface area contributed by atoms with E-state index in [-0.39, 0.29) is 12.2 Å². The number of benzene rings is 1. The van der Waals surface area contributed by atoms with Crippen LogP contribution in [0.5, 0.6) is 0 Å². The number of rotatable bonds is 9. The zero-order chi connectivity index (χ0) is 19.2. The second kappa shape index (κ2) is 8.79. The van der Waals surface area contributed by atoms with Gasteiger partial charge in [0.15, 0.2) is 0 Å². The van der Waals surface area contributed by atoms with E-state index in [0.717, 1.165) is 24.8 Å². The molecule has 1 aromatic carbocycles. The third kappa shape index (κ3) is 4.40. The van der Waals surface area contributed by atoms with Crippen molar-refractivity contribution in [1.82, 2.24) is 0 Å². The van der Waals surface area contributed by atoms with Crippen LogP contribution in [0.1, 0.15) is 50.5 Å². The molecular formula is C21H24O5-2. The van der Waals surface area contributed by atoms with Crippen LogP contribution in [0.4, 0.5) is 0 Å². The van der Waals surface area contributed by atoms with Gasteiger partial charge >= 0.3 is 0 Å². The molecule has 2 rings (SSSR count). The Balaban J connectivity index is 2.21. The van der Waals surface area contributed by atoms with Crippen LogP contribution in [-0.2, 0) is 20.8 Å². The minimum absolute atomic E-state index is 0.145. The Bertz CT molecular complexity index is 673. The molecule has 5 heteroatoms. The van der Waals surface area contributed by atoms with E-state index in [1.165, 1.54) is 0 Å². The molecule has 1 aliphatic rings. The maximum atomic E-state index is 12.6. The van der Waals surface area contributed by atoms with Crippen LogP contribution in [0.2, 0.25) is 0 Å². The van der Waals surface area contributed by atoms with Gasteiger partial charge in [0.1, 0.15) is 5.78 Å². The van der Waals surface area contributed by atoms with Crippen molar-refractivity contribution in [2.24, 2.45) is 11.3 Å². The number of hydrogen-bond acceptors (Lipinski definition) is 5. The van der Waals surface area contributed by atoms with Crippen molar-refractivity contribution >= 4 is 17.7 Å². The molecule has 0 N–H and O–H groups in total. The number of ketones is 1. The van der Waals surface area contributed by atoms with Gasteiger partial charge in [-0.1, -0.05) is 56.2 Å². The maximum absolute atomic E-state index is 12.6. The monoisotopic (exact) mass is 356 g/mol. The molecule has 1 saturated carbocycles. The highest BCUT2D eigenvalue weighted by atomic mass is 16.4. The van der Waals surface area contributed by atoms with Crippen molar-refractivity contribution in [1.29, 1.82) is 0 Å². The highest BCUT2D eigenvalue weighted by molar-refractivity contribution is 5.98. The highest BCUT2D eigenvalue weighted by Gasteiger charge is 2.44. The Morgan fingerprint density at radius 3 is 2.19 bits per heavy atom. The van der Waals surface area contributed by atoms with Crippen molar-refractivity contribution in [3.63, 3.8) is 0 Å². The lowest BCUT2D eigenvalue weighted by Gasteiger charge is -2.45. The van der Waals surface area contributed by atoms with Gasteiger partial charge in [0.2, 0.25) is 0 Å². The molecule has 1 fully saturated rings. The molecule has 0 aliphatic heterocycles. The molecule has 26 heavy (non-hydrogen) atoms. The maximum Gasteiger partial charge on any atom is 0.134 e. The smallest absolute Gasteiger partial charge is 0.134 e. The van der Waals surface area contributed by atoms with E-state index in [1.54, 1.807) is 0 Å². The van der Waals surface area contributed by atoms with Crippen LogP contribution in [0.25, 0.3) is 0 Å². The first-order valence-electron chi connectivity index (χ1n) is 9.05. The van der Waals surface area contributed by atoms with E-state index in [0.29, 0.717) is 19.3 Å². The summed E-state index contributed by atoms with van der Waals surface area (Å²) >= 11 is 0. The number of carboxylic acid groups (broad SMARTS) is 2. The third-order valence-electron chi connectivity index (χ3n) is 5.46. The summed E-state index contributed by atoms with van der Waals surface area (Å²) in [5, 5.41) is 23.5. The Morgan fingerprint density at radius 2 is 1.65 bits per heavy atom. The molecule has 1 aromatic rings. The van der Waals surface area contributed by atoms with Crippen molar-refractivity contribution in [3.05, 3.63) is 48.0 Å². The van der Waals surface area contributed by atoms with E-state index in [2.05, 4.69) is 6.58 Å². The fourth-order valence-corrected chi connectivity index (χ4v) is 3.96. The first kappa shape index (κ1) is 19.9. The largest absolute Gasteiger partial charge is 0.549 e. The molecule has 140 valence electrons. The zero-order valence-electron chi connectivity index (χ0n) is 14.9. The summed E-state index contributed by atoms with van der Waals surface area (Å²) in [5.41, 5.74) is -1.46. The fraction of sp³-hybridized carbons (Fsp3) is 0.476. The number of Topliss-reactive ketones (excluding diaryl/α,β-unsaturated/α-hetero) is 1. The molecule has 0 bridgehead atoms. The fourth-order valence-electron chi connectivity index (χ4n) is 3.96. The summed E-state index contributed by atoms with van der Waals surface area (Å²) in [5.74, 6) is -3.93. The van der Waals surface area contributed by atoms with Crippen molar-refractivity contribution in [2.45, 2.75) is 51.4 Å². The molecule has 1 unspecified atom stereocenters. The highest BCUT2D eigenvalue weighted by Crippen LogP contribution is 2.46. The second-order valence-corrected chi connectivity index (χ2v) is 7.06. The van der Waals surface area contributed by atoms with Gasteiger partial charge < -0.3 is 19.8 Å². The summed E-state index contributed by atoms with van der Waals surface area (Å²) < 4.78 is 0. The Morgan fingerprint density at radius 1 is 1.04 bits per heavy atom. The Hall–Kier alpha value is -2.43. The van der Waals surface area contributed by atoms with Crippen LogP contribution < -0.4 is 10.2 Å². The zero-order valence-corrected chi connectivity index (χ0v) is 14.9. The lowest BCUT2D eigenvalue weighted by atomic mass is 9.62. The molecule has 0 saturated heterocycles. The van der Waals surface area contributed by atoms with Crippen molar-refractivity contribution in [2.75, 3.05) is 0 Å².